The molecule has 0 unspecified atom stereocenters. The molecule has 0 aliphatic carbocycles. The van der Waals surface area contributed by atoms with Crippen LogP contribution in [0.4, 0.5) is 5.69 Å². The lowest BCUT2D eigenvalue weighted by atomic mass is 9.91. The number of halogens is 1. The Hall–Kier alpha value is -3.89. The van der Waals surface area contributed by atoms with E-state index in [4.69, 9.17) is 4.74 Å². The number of anilines is 1. The van der Waals surface area contributed by atoms with E-state index >= 15 is 0 Å². The second kappa shape index (κ2) is 9.63. The van der Waals surface area contributed by atoms with Crippen LogP contribution in [0.1, 0.15) is 0 Å². The minimum atomic E-state index is 0. The Morgan fingerprint density at radius 2 is 1.39 bits per heavy atom. The molecule has 1 heterocycles. The third kappa shape index (κ3) is 3.78. The zero-order chi connectivity index (χ0) is 23.9. The molecule has 36 heavy (non-hydrogen) atoms. The summed E-state index contributed by atoms with van der Waals surface area (Å²) in [5.74, 6) is 0.869. The maximum absolute atomic E-state index is 5.98. The first-order chi connectivity index (χ1) is 17.2. The van der Waals surface area contributed by atoms with Gasteiger partial charge in [0.1, 0.15) is 5.75 Å². The molecule has 0 saturated heterocycles. The maximum atomic E-state index is 5.98. The van der Waals surface area contributed by atoms with E-state index < -0.39 is 0 Å². The van der Waals surface area contributed by atoms with Crippen molar-refractivity contribution in [2.45, 2.75) is 0 Å². The van der Waals surface area contributed by atoms with Crippen molar-refractivity contribution in [1.82, 2.24) is 0 Å². The second-order valence-corrected chi connectivity index (χ2v) is 9.02. The predicted octanol–water partition coefficient (Wildman–Crippen LogP) is 4.17. The fourth-order valence-electron chi connectivity index (χ4n) is 5.16. The summed E-state index contributed by atoms with van der Waals surface area (Å²) in [6.45, 7) is 0. The van der Waals surface area contributed by atoms with E-state index in [1.165, 1.54) is 27.3 Å². The van der Waals surface area contributed by atoms with Gasteiger partial charge >= 0.3 is 0 Å². The number of methoxy groups -OCH3 is 1. The Morgan fingerprint density at radius 1 is 0.667 bits per heavy atom. The minimum absolute atomic E-state index is 0. The van der Waals surface area contributed by atoms with Gasteiger partial charge in [-0.3, -0.25) is 0 Å². The third-order valence-electron chi connectivity index (χ3n) is 6.80. The lowest BCUT2D eigenvalue weighted by molar-refractivity contribution is -0.537. The number of hydrogen-bond acceptors (Lipinski definition) is 2. The molecular weight excluding hydrogens is 508 g/mol. The first kappa shape index (κ1) is 23.8. The summed E-state index contributed by atoms with van der Waals surface area (Å²) < 4.78 is 8.34. The molecule has 6 aromatic rings. The van der Waals surface area contributed by atoms with Crippen LogP contribution >= 0.6 is 0 Å². The highest BCUT2D eigenvalue weighted by molar-refractivity contribution is 6.15. The number of pyridine rings is 1. The first-order valence-electron chi connectivity index (χ1n) is 11.9. The van der Waals surface area contributed by atoms with Crippen molar-refractivity contribution in [3.8, 4) is 22.6 Å². The van der Waals surface area contributed by atoms with Crippen molar-refractivity contribution in [2.24, 2.45) is 0 Å². The Labute approximate surface area is 222 Å². The molecule has 178 valence electrons. The van der Waals surface area contributed by atoms with Crippen molar-refractivity contribution < 1.29 is 26.3 Å². The molecule has 0 radical (unpaired) electrons. The van der Waals surface area contributed by atoms with Gasteiger partial charge in [0, 0.05) is 49.6 Å². The lowest BCUT2D eigenvalue weighted by Crippen LogP contribution is -3.00. The Bertz CT molecular complexity index is 1710. The van der Waals surface area contributed by atoms with Crippen LogP contribution in [0.25, 0.3) is 49.4 Å². The van der Waals surface area contributed by atoms with Gasteiger partial charge in [0.05, 0.1) is 17.9 Å². The lowest BCUT2D eigenvalue weighted by Gasteiger charge is -2.18. The molecule has 0 N–H and O–H groups in total. The van der Waals surface area contributed by atoms with E-state index in [1.54, 1.807) is 7.11 Å². The monoisotopic (exact) mass is 534 g/mol. The Balaban J connectivity index is 0.00000267. The van der Waals surface area contributed by atoms with Crippen molar-refractivity contribution in [3.63, 3.8) is 0 Å². The second-order valence-electron chi connectivity index (χ2n) is 9.02. The molecule has 0 amide bonds. The van der Waals surface area contributed by atoms with Gasteiger partial charge in [-0.05, 0) is 34.5 Å². The topological polar surface area (TPSA) is 16.4 Å². The largest absolute Gasteiger partial charge is 1.00 e. The molecule has 0 bridgehead atoms. The highest BCUT2D eigenvalue weighted by atomic mass is 79.9. The van der Waals surface area contributed by atoms with E-state index in [0.717, 1.165) is 33.5 Å². The van der Waals surface area contributed by atoms with Crippen LogP contribution in [-0.4, -0.2) is 21.2 Å². The average molecular weight is 535 g/mol. The first-order valence-corrected chi connectivity index (χ1v) is 11.9. The van der Waals surface area contributed by atoms with Gasteiger partial charge in [-0.25, -0.2) is 0 Å². The van der Waals surface area contributed by atoms with Crippen molar-refractivity contribution in [2.75, 3.05) is 26.1 Å². The van der Waals surface area contributed by atoms with Gasteiger partial charge in [0.2, 0.25) is 16.7 Å². The van der Waals surface area contributed by atoms with E-state index in [-0.39, 0.29) is 17.0 Å². The number of fused-ring (bicyclic) bond motifs is 3. The Kier molecular flexibility index (Phi) is 6.38. The maximum Gasteiger partial charge on any atom is 0.223 e. The normalized spacial score (nSPS) is 11.0. The van der Waals surface area contributed by atoms with Gasteiger partial charge in [-0.2, -0.15) is 4.57 Å². The molecule has 3 nitrogen and oxygen atoms in total. The Morgan fingerprint density at radius 3 is 2.17 bits per heavy atom. The zero-order valence-corrected chi connectivity index (χ0v) is 22.2. The zero-order valence-electron chi connectivity index (χ0n) is 20.6. The summed E-state index contributed by atoms with van der Waals surface area (Å²) in [6, 6.07) is 38.8. The van der Waals surface area contributed by atoms with Gasteiger partial charge in [0.25, 0.3) is 0 Å². The molecule has 0 saturated carbocycles. The molecule has 4 heteroatoms. The number of hydrogen-bond donors (Lipinski definition) is 0. The number of para-hydroxylation sites is 1. The van der Waals surface area contributed by atoms with Gasteiger partial charge in [0.15, 0.2) is 0 Å². The van der Waals surface area contributed by atoms with E-state index in [2.05, 4.69) is 133 Å². The molecule has 0 atom stereocenters. The van der Waals surface area contributed by atoms with Crippen LogP contribution in [-0.2, 0) is 0 Å². The smallest absolute Gasteiger partial charge is 0.223 e. The van der Waals surface area contributed by atoms with E-state index in [0.29, 0.717) is 0 Å². The molecule has 6 rings (SSSR count). The van der Waals surface area contributed by atoms with Crippen LogP contribution in [0, 0.1) is 0 Å². The molecular formula is C32H27BrN2O. The van der Waals surface area contributed by atoms with Crippen LogP contribution in [0.2, 0.25) is 0 Å². The predicted molar refractivity (Wildman–Crippen MR) is 147 cm³/mol. The number of rotatable bonds is 4. The highest BCUT2D eigenvalue weighted by Crippen LogP contribution is 2.42. The molecule has 0 spiro atoms. The molecule has 0 fully saturated rings. The number of nitrogens with zero attached hydrogens (tertiary/aromatic N) is 2. The van der Waals surface area contributed by atoms with Crippen LogP contribution in [0.5, 0.6) is 5.75 Å². The van der Waals surface area contributed by atoms with Crippen LogP contribution < -0.4 is 31.2 Å². The van der Waals surface area contributed by atoms with Gasteiger partial charge in [-0.15, -0.1) is 0 Å². The van der Waals surface area contributed by atoms with Crippen molar-refractivity contribution in [1.29, 1.82) is 0 Å². The summed E-state index contributed by atoms with van der Waals surface area (Å²) in [6.07, 6.45) is 0. The molecule has 0 aliphatic rings. The van der Waals surface area contributed by atoms with Crippen molar-refractivity contribution in [3.05, 3.63) is 109 Å². The third-order valence-corrected chi connectivity index (χ3v) is 6.80. The summed E-state index contributed by atoms with van der Waals surface area (Å²) in [4.78, 5) is 2.15. The fraction of sp³-hybridized carbons (Fsp3) is 0.0938. The van der Waals surface area contributed by atoms with Crippen LogP contribution in [0.15, 0.2) is 109 Å². The number of aromatic nitrogens is 1. The average Bonchev–Trinajstić information content (AvgIpc) is 2.91. The van der Waals surface area contributed by atoms with Gasteiger partial charge in [-0.1, -0.05) is 66.7 Å². The number of benzene rings is 5. The standard InChI is InChI=1S/C32H27N2O.BrH/c1-33(2)24-19-20-27-29(21-24)34(23-13-5-4-6-14-23)28-17-10-18-30(35-3)32(28)31(27)26-16-9-12-22-11-7-8-15-25(22)26;/h4-21H,1-3H3;1H/q+1;/p-1. The van der Waals surface area contributed by atoms with Crippen molar-refractivity contribution >= 4 is 38.3 Å². The summed E-state index contributed by atoms with van der Waals surface area (Å²) >= 11 is 0. The van der Waals surface area contributed by atoms with E-state index in [1.807, 2.05) is 0 Å². The fourth-order valence-corrected chi connectivity index (χ4v) is 5.16. The number of ether oxygens (including phenoxy) is 1. The van der Waals surface area contributed by atoms with Gasteiger partial charge < -0.3 is 26.6 Å². The van der Waals surface area contributed by atoms with E-state index in [9.17, 15) is 0 Å². The minimum Gasteiger partial charge on any atom is -1.00 e. The SMILES string of the molecule is COc1cccc2c1c(-c1cccc3ccccc13)c1ccc(N(C)C)cc1[n+]2-c1ccccc1.[Br-]. The molecule has 5 aromatic carbocycles. The molecule has 0 aliphatic heterocycles. The highest BCUT2D eigenvalue weighted by Gasteiger charge is 2.26. The summed E-state index contributed by atoms with van der Waals surface area (Å²) in [5.41, 5.74) is 6.96. The quantitative estimate of drug-likeness (QED) is 0.249. The van der Waals surface area contributed by atoms with Crippen LogP contribution in [0.3, 0.4) is 0 Å². The summed E-state index contributed by atoms with van der Waals surface area (Å²) in [7, 11) is 5.93. The summed E-state index contributed by atoms with van der Waals surface area (Å²) in [5, 5.41) is 4.76. The molecule has 1 aromatic heterocycles.